The predicted molar refractivity (Wildman–Crippen MR) is 83.6 cm³/mol. The van der Waals surface area contributed by atoms with Crippen LogP contribution in [0.25, 0.3) is 9.88 Å². The fraction of sp³-hybridized carbons (Fsp3) is 0.462. The van der Waals surface area contributed by atoms with Crippen LogP contribution in [-0.2, 0) is 0 Å². The third-order valence-electron chi connectivity index (χ3n) is 3.41. The molecule has 2 aromatic rings. The van der Waals surface area contributed by atoms with Crippen LogP contribution in [0.4, 0.5) is 9.93 Å². The zero-order valence-corrected chi connectivity index (χ0v) is 12.9. The van der Waals surface area contributed by atoms with E-state index < -0.39 is 0 Å². The Morgan fingerprint density at radius 2 is 2.10 bits per heavy atom. The minimum absolute atomic E-state index is 0.123. The average Bonchev–Trinajstić information content (AvgIpc) is 3.12. The zero-order chi connectivity index (χ0) is 14.7. The molecule has 0 atom stereocenters. The number of hydrogen-bond acceptors (Lipinski definition) is 6. The lowest BCUT2D eigenvalue weighted by Gasteiger charge is -2.25. The molecule has 3 rings (SSSR count). The number of rotatable bonds is 3. The van der Waals surface area contributed by atoms with Crippen molar-refractivity contribution in [2.75, 3.05) is 5.32 Å². The predicted octanol–water partition coefficient (Wildman–Crippen LogP) is 2.69. The molecule has 8 heteroatoms. The molecular weight excluding hydrogens is 308 g/mol. The lowest BCUT2D eigenvalue weighted by atomic mass is 9.93. The second-order valence-corrected chi connectivity index (χ2v) is 6.92. The van der Waals surface area contributed by atoms with E-state index in [1.54, 1.807) is 11.3 Å². The number of urea groups is 1. The molecule has 0 bridgehead atoms. The van der Waals surface area contributed by atoms with Crippen LogP contribution in [0.5, 0.6) is 0 Å². The normalized spacial score (nSPS) is 22.0. The van der Waals surface area contributed by atoms with Gasteiger partial charge in [0.2, 0.25) is 5.13 Å². The van der Waals surface area contributed by atoms with Crippen molar-refractivity contribution in [3.63, 3.8) is 0 Å². The Labute approximate surface area is 130 Å². The summed E-state index contributed by atoms with van der Waals surface area (Å²) >= 11 is 2.95. The zero-order valence-electron chi connectivity index (χ0n) is 11.3. The average molecular weight is 324 g/mol. The van der Waals surface area contributed by atoms with E-state index in [2.05, 4.69) is 20.8 Å². The molecule has 0 unspecified atom stereocenters. The monoisotopic (exact) mass is 324 g/mol. The van der Waals surface area contributed by atoms with Crippen molar-refractivity contribution in [3.8, 4) is 9.88 Å². The summed E-state index contributed by atoms with van der Waals surface area (Å²) in [7, 11) is 0. The van der Waals surface area contributed by atoms with Crippen molar-refractivity contribution < 1.29 is 9.90 Å². The van der Waals surface area contributed by atoms with Gasteiger partial charge in [-0.15, -0.1) is 21.5 Å². The number of nitrogens with zero attached hydrogens (tertiary/aromatic N) is 2. The fourth-order valence-corrected chi connectivity index (χ4v) is 3.84. The summed E-state index contributed by atoms with van der Waals surface area (Å²) in [6.45, 7) is 0. The number of carbonyl (C=O) groups excluding carboxylic acids is 1. The van der Waals surface area contributed by atoms with Gasteiger partial charge in [0, 0.05) is 6.04 Å². The van der Waals surface area contributed by atoms with Gasteiger partial charge in [0.25, 0.3) is 0 Å². The molecule has 3 N–H and O–H groups in total. The maximum atomic E-state index is 11.9. The number of aliphatic hydroxyl groups excluding tert-OH is 1. The van der Waals surface area contributed by atoms with E-state index in [9.17, 15) is 9.90 Å². The van der Waals surface area contributed by atoms with E-state index in [1.807, 2.05) is 17.5 Å². The highest BCUT2D eigenvalue weighted by Gasteiger charge is 2.21. The molecule has 0 radical (unpaired) electrons. The quantitative estimate of drug-likeness (QED) is 0.810. The maximum Gasteiger partial charge on any atom is 0.321 e. The molecule has 1 fully saturated rings. The molecule has 0 saturated heterocycles. The first-order valence-electron chi connectivity index (χ1n) is 6.83. The van der Waals surface area contributed by atoms with Gasteiger partial charge in [0.05, 0.1) is 11.0 Å². The van der Waals surface area contributed by atoms with Gasteiger partial charge in [-0.05, 0) is 37.1 Å². The molecule has 1 aliphatic rings. The summed E-state index contributed by atoms with van der Waals surface area (Å²) in [5.74, 6) is 0. The SMILES string of the molecule is O=C(Nc1nnc(-c2cccs2)s1)NC1CCC(O)CC1. The van der Waals surface area contributed by atoms with Gasteiger partial charge in [-0.1, -0.05) is 17.4 Å². The first-order valence-corrected chi connectivity index (χ1v) is 8.53. The summed E-state index contributed by atoms with van der Waals surface area (Å²) in [6, 6.07) is 3.80. The van der Waals surface area contributed by atoms with E-state index in [-0.39, 0.29) is 18.2 Å². The van der Waals surface area contributed by atoms with Crippen LogP contribution in [-0.4, -0.2) is 33.5 Å². The van der Waals surface area contributed by atoms with E-state index in [0.717, 1.165) is 35.6 Å². The number of hydrogen-bond donors (Lipinski definition) is 3. The second-order valence-electron chi connectivity index (χ2n) is 4.99. The second kappa shape index (κ2) is 6.50. The molecule has 6 nitrogen and oxygen atoms in total. The minimum atomic E-state index is -0.259. The van der Waals surface area contributed by atoms with Crippen molar-refractivity contribution in [1.82, 2.24) is 15.5 Å². The number of amides is 2. The highest BCUT2D eigenvalue weighted by molar-refractivity contribution is 7.23. The molecular formula is C13H16N4O2S2. The molecule has 0 spiro atoms. The third-order valence-corrected chi connectivity index (χ3v) is 5.29. The number of aromatic nitrogens is 2. The molecule has 1 aliphatic carbocycles. The lowest BCUT2D eigenvalue weighted by Crippen LogP contribution is -2.40. The minimum Gasteiger partial charge on any atom is -0.393 e. The van der Waals surface area contributed by atoms with E-state index in [1.165, 1.54) is 11.3 Å². The van der Waals surface area contributed by atoms with E-state index >= 15 is 0 Å². The van der Waals surface area contributed by atoms with Crippen LogP contribution < -0.4 is 10.6 Å². The largest absolute Gasteiger partial charge is 0.393 e. The van der Waals surface area contributed by atoms with Crippen molar-refractivity contribution in [2.24, 2.45) is 0 Å². The fourth-order valence-electron chi connectivity index (χ4n) is 2.31. The Kier molecular flexibility index (Phi) is 4.47. The molecule has 112 valence electrons. The summed E-state index contributed by atoms with van der Waals surface area (Å²) in [5, 5.41) is 26.4. The Bertz CT molecular complexity index is 591. The molecule has 0 aliphatic heterocycles. The van der Waals surface area contributed by atoms with Crippen LogP contribution >= 0.6 is 22.7 Å². The first kappa shape index (κ1) is 14.4. The molecule has 2 amide bonds. The highest BCUT2D eigenvalue weighted by Crippen LogP contribution is 2.29. The molecule has 1 saturated carbocycles. The Morgan fingerprint density at radius 1 is 1.29 bits per heavy atom. The first-order chi connectivity index (χ1) is 10.2. The molecule has 2 aromatic heterocycles. The summed E-state index contributed by atoms with van der Waals surface area (Å²) < 4.78 is 0. The molecule has 0 aromatic carbocycles. The Hall–Kier alpha value is -1.51. The Morgan fingerprint density at radius 3 is 2.81 bits per heavy atom. The molecule has 2 heterocycles. The van der Waals surface area contributed by atoms with Crippen LogP contribution in [0.3, 0.4) is 0 Å². The Balaban J connectivity index is 1.53. The third kappa shape index (κ3) is 3.78. The van der Waals surface area contributed by atoms with Crippen LogP contribution in [0.2, 0.25) is 0 Å². The van der Waals surface area contributed by atoms with Crippen molar-refractivity contribution >= 4 is 33.8 Å². The number of carbonyl (C=O) groups is 1. The van der Waals surface area contributed by atoms with Crippen LogP contribution in [0.15, 0.2) is 17.5 Å². The standard InChI is InChI=1S/C13H16N4O2S2/c18-9-5-3-8(4-6-9)14-12(19)15-13-17-16-11(21-13)10-2-1-7-20-10/h1-2,7-9,18H,3-6H2,(H2,14,15,17,19). The number of aliphatic hydroxyl groups is 1. The van der Waals surface area contributed by atoms with Gasteiger partial charge in [0.1, 0.15) is 0 Å². The number of anilines is 1. The highest BCUT2D eigenvalue weighted by atomic mass is 32.1. The van der Waals surface area contributed by atoms with Gasteiger partial charge >= 0.3 is 6.03 Å². The van der Waals surface area contributed by atoms with Gasteiger partial charge in [0.15, 0.2) is 5.01 Å². The van der Waals surface area contributed by atoms with Gasteiger partial charge in [-0.2, -0.15) is 0 Å². The summed E-state index contributed by atoms with van der Waals surface area (Å²) in [4.78, 5) is 13.0. The summed E-state index contributed by atoms with van der Waals surface area (Å²) in [6.07, 6.45) is 2.89. The van der Waals surface area contributed by atoms with E-state index in [4.69, 9.17) is 0 Å². The van der Waals surface area contributed by atoms with Gasteiger partial charge < -0.3 is 10.4 Å². The number of nitrogens with one attached hydrogen (secondary N) is 2. The summed E-state index contributed by atoms with van der Waals surface area (Å²) in [5.41, 5.74) is 0. The van der Waals surface area contributed by atoms with Gasteiger partial charge in [-0.25, -0.2) is 4.79 Å². The van der Waals surface area contributed by atoms with Crippen LogP contribution in [0, 0.1) is 0 Å². The maximum absolute atomic E-state index is 11.9. The van der Waals surface area contributed by atoms with Crippen molar-refractivity contribution in [3.05, 3.63) is 17.5 Å². The topological polar surface area (TPSA) is 87.1 Å². The van der Waals surface area contributed by atoms with Gasteiger partial charge in [-0.3, -0.25) is 5.32 Å². The number of thiophene rings is 1. The lowest BCUT2D eigenvalue weighted by molar-refractivity contribution is 0.118. The smallest absolute Gasteiger partial charge is 0.321 e. The molecule has 21 heavy (non-hydrogen) atoms. The van der Waals surface area contributed by atoms with Crippen LogP contribution in [0.1, 0.15) is 25.7 Å². The van der Waals surface area contributed by atoms with Crippen molar-refractivity contribution in [2.45, 2.75) is 37.8 Å². The van der Waals surface area contributed by atoms with E-state index in [0.29, 0.717) is 5.13 Å². The van der Waals surface area contributed by atoms with Crippen molar-refractivity contribution in [1.29, 1.82) is 0 Å².